The summed E-state index contributed by atoms with van der Waals surface area (Å²) in [7, 11) is 3.01. The van der Waals surface area contributed by atoms with E-state index in [2.05, 4.69) is 10.2 Å². The first-order valence-electron chi connectivity index (χ1n) is 7.10. The van der Waals surface area contributed by atoms with Gasteiger partial charge in [-0.25, -0.2) is 4.79 Å². The van der Waals surface area contributed by atoms with E-state index in [9.17, 15) is 4.79 Å². The van der Waals surface area contributed by atoms with Crippen molar-refractivity contribution in [1.29, 1.82) is 0 Å². The van der Waals surface area contributed by atoms with E-state index in [4.69, 9.17) is 9.47 Å². The molecule has 0 aliphatic rings. The number of H-pyrrole nitrogens is 1. The van der Waals surface area contributed by atoms with E-state index in [0.29, 0.717) is 5.56 Å². The average molecular weight is 308 g/mol. The zero-order valence-electron chi connectivity index (χ0n) is 12.9. The summed E-state index contributed by atoms with van der Waals surface area (Å²) >= 11 is 0. The third-order valence-corrected chi connectivity index (χ3v) is 3.58. The minimum Gasteiger partial charge on any atom is -0.497 e. The number of aromatic nitrogens is 2. The summed E-state index contributed by atoms with van der Waals surface area (Å²) in [5.74, 6) is 0.461. The number of aromatic amines is 1. The number of hydrogen-bond donors (Lipinski definition) is 1. The Morgan fingerprint density at radius 2 is 1.61 bits per heavy atom. The summed E-state index contributed by atoms with van der Waals surface area (Å²) in [5.41, 5.74) is 4.20. The normalized spacial score (nSPS) is 10.3. The maximum Gasteiger partial charge on any atom is 0.337 e. The molecular formula is C18H16N2O3. The molecule has 0 aliphatic heterocycles. The van der Waals surface area contributed by atoms with E-state index in [1.165, 1.54) is 7.11 Å². The van der Waals surface area contributed by atoms with Crippen LogP contribution in [0.25, 0.3) is 22.5 Å². The SMILES string of the molecule is COC(=O)c1ccc(-c2cc(-c3ccc(OC)cc3)n[nH]2)cc1. The van der Waals surface area contributed by atoms with E-state index < -0.39 is 0 Å². The first-order chi connectivity index (χ1) is 11.2. The highest BCUT2D eigenvalue weighted by molar-refractivity contribution is 5.89. The molecule has 5 nitrogen and oxygen atoms in total. The van der Waals surface area contributed by atoms with Gasteiger partial charge in [-0.1, -0.05) is 12.1 Å². The van der Waals surface area contributed by atoms with E-state index in [1.807, 2.05) is 42.5 Å². The second kappa shape index (κ2) is 6.36. The van der Waals surface area contributed by atoms with Crippen LogP contribution in [0.15, 0.2) is 54.6 Å². The van der Waals surface area contributed by atoms with Gasteiger partial charge in [0.25, 0.3) is 0 Å². The zero-order chi connectivity index (χ0) is 16.2. The molecule has 0 fully saturated rings. The molecule has 0 radical (unpaired) electrons. The number of carbonyl (C=O) groups is 1. The van der Waals surface area contributed by atoms with Crippen LogP contribution >= 0.6 is 0 Å². The van der Waals surface area contributed by atoms with E-state index in [-0.39, 0.29) is 5.97 Å². The van der Waals surface area contributed by atoms with E-state index in [0.717, 1.165) is 28.3 Å². The Morgan fingerprint density at radius 3 is 2.22 bits per heavy atom. The summed E-state index contributed by atoms with van der Waals surface area (Å²) in [5, 5.41) is 7.35. The number of esters is 1. The maximum absolute atomic E-state index is 11.5. The van der Waals surface area contributed by atoms with Crippen molar-refractivity contribution < 1.29 is 14.3 Å². The van der Waals surface area contributed by atoms with Gasteiger partial charge in [-0.05, 0) is 48.0 Å². The van der Waals surface area contributed by atoms with Crippen molar-refractivity contribution in [1.82, 2.24) is 10.2 Å². The molecule has 0 atom stereocenters. The smallest absolute Gasteiger partial charge is 0.337 e. The van der Waals surface area contributed by atoms with Gasteiger partial charge in [-0.2, -0.15) is 5.10 Å². The van der Waals surface area contributed by atoms with Crippen molar-refractivity contribution >= 4 is 5.97 Å². The van der Waals surface area contributed by atoms with Crippen LogP contribution in [0.2, 0.25) is 0 Å². The Kier molecular flexibility index (Phi) is 4.10. The highest BCUT2D eigenvalue weighted by Gasteiger charge is 2.08. The number of nitrogens with zero attached hydrogens (tertiary/aromatic N) is 1. The quantitative estimate of drug-likeness (QED) is 0.749. The summed E-state index contributed by atoms with van der Waals surface area (Å²) < 4.78 is 9.85. The van der Waals surface area contributed by atoms with Crippen molar-refractivity contribution in [2.75, 3.05) is 14.2 Å². The Bertz CT molecular complexity index is 805. The summed E-state index contributed by atoms with van der Waals surface area (Å²) in [6.45, 7) is 0. The lowest BCUT2D eigenvalue weighted by atomic mass is 10.1. The molecule has 1 aromatic heterocycles. The van der Waals surface area contributed by atoms with Gasteiger partial charge < -0.3 is 9.47 Å². The predicted molar refractivity (Wildman–Crippen MR) is 87.4 cm³/mol. The number of hydrogen-bond acceptors (Lipinski definition) is 4. The van der Waals surface area contributed by atoms with Crippen molar-refractivity contribution in [3.63, 3.8) is 0 Å². The van der Waals surface area contributed by atoms with Crippen molar-refractivity contribution in [2.24, 2.45) is 0 Å². The van der Waals surface area contributed by atoms with Crippen LogP contribution in [0.5, 0.6) is 5.75 Å². The van der Waals surface area contributed by atoms with Gasteiger partial charge >= 0.3 is 5.97 Å². The topological polar surface area (TPSA) is 64.2 Å². The summed E-state index contributed by atoms with van der Waals surface area (Å²) in [6, 6.07) is 16.9. The molecule has 2 aromatic carbocycles. The van der Waals surface area contributed by atoms with Gasteiger partial charge in [0.1, 0.15) is 5.75 Å². The molecule has 0 aliphatic carbocycles. The highest BCUT2D eigenvalue weighted by atomic mass is 16.5. The fraction of sp³-hybridized carbons (Fsp3) is 0.111. The highest BCUT2D eigenvalue weighted by Crippen LogP contribution is 2.25. The van der Waals surface area contributed by atoms with Crippen LogP contribution in [0.1, 0.15) is 10.4 Å². The number of rotatable bonds is 4. The number of methoxy groups -OCH3 is 2. The molecule has 0 unspecified atom stereocenters. The lowest BCUT2D eigenvalue weighted by Gasteiger charge is -2.01. The molecule has 0 bridgehead atoms. The van der Waals surface area contributed by atoms with Crippen molar-refractivity contribution in [2.45, 2.75) is 0 Å². The lowest BCUT2D eigenvalue weighted by molar-refractivity contribution is 0.0601. The third-order valence-electron chi connectivity index (χ3n) is 3.58. The van der Waals surface area contributed by atoms with Gasteiger partial charge in [0, 0.05) is 5.56 Å². The molecule has 0 saturated carbocycles. The molecule has 1 N–H and O–H groups in total. The fourth-order valence-electron chi connectivity index (χ4n) is 2.28. The van der Waals surface area contributed by atoms with Crippen LogP contribution in [0, 0.1) is 0 Å². The maximum atomic E-state index is 11.5. The van der Waals surface area contributed by atoms with Crippen LogP contribution in [0.4, 0.5) is 0 Å². The average Bonchev–Trinajstić information content (AvgIpc) is 3.11. The van der Waals surface area contributed by atoms with Crippen LogP contribution in [-0.2, 0) is 4.74 Å². The van der Waals surface area contributed by atoms with Crippen LogP contribution in [0.3, 0.4) is 0 Å². The second-order valence-electron chi connectivity index (χ2n) is 4.96. The lowest BCUT2D eigenvalue weighted by Crippen LogP contribution is -2.00. The molecule has 3 aromatic rings. The molecule has 1 heterocycles. The molecule has 0 saturated heterocycles. The minimum atomic E-state index is -0.347. The minimum absolute atomic E-state index is 0.347. The molecular weight excluding hydrogens is 292 g/mol. The number of benzene rings is 2. The molecule has 0 spiro atoms. The molecule has 23 heavy (non-hydrogen) atoms. The van der Waals surface area contributed by atoms with Gasteiger partial charge in [0.05, 0.1) is 31.2 Å². The Hall–Kier alpha value is -3.08. The molecule has 5 heteroatoms. The van der Waals surface area contributed by atoms with E-state index >= 15 is 0 Å². The monoisotopic (exact) mass is 308 g/mol. The molecule has 0 amide bonds. The Morgan fingerprint density at radius 1 is 0.957 bits per heavy atom. The first kappa shape index (κ1) is 14.8. The van der Waals surface area contributed by atoms with E-state index in [1.54, 1.807) is 19.2 Å². The number of nitrogens with one attached hydrogen (secondary N) is 1. The van der Waals surface area contributed by atoms with Crippen molar-refractivity contribution in [3.05, 3.63) is 60.2 Å². The largest absolute Gasteiger partial charge is 0.497 e. The standard InChI is InChI=1S/C18H16N2O3/c1-22-15-9-7-13(8-10-15)17-11-16(19-20-17)12-3-5-14(6-4-12)18(21)23-2/h3-11H,1-2H3,(H,19,20). The Labute approximate surface area is 133 Å². The summed E-state index contributed by atoms with van der Waals surface area (Å²) in [6.07, 6.45) is 0. The molecule has 3 rings (SSSR count). The van der Waals surface area contributed by atoms with Gasteiger partial charge in [-0.15, -0.1) is 0 Å². The fourth-order valence-corrected chi connectivity index (χ4v) is 2.28. The third kappa shape index (κ3) is 3.08. The number of ether oxygens (including phenoxy) is 2. The molecule has 116 valence electrons. The second-order valence-corrected chi connectivity index (χ2v) is 4.96. The number of carbonyl (C=O) groups excluding carboxylic acids is 1. The van der Waals surface area contributed by atoms with Gasteiger partial charge in [0.15, 0.2) is 0 Å². The Balaban J connectivity index is 1.84. The first-order valence-corrected chi connectivity index (χ1v) is 7.10. The van der Waals surface area contributed by atoms with Gasteiger partial charge in [0.2, 0.25) is 0 Å². The van der Waals surface area contributed by atoms with Gasteiger partial charge in [-0.3, -0.25) is 5.10 Å². The van der Waals surface area contributed by atoms with Crippen LogP contribution in [-0.4, -0.2) is 30.4 Å². The predicted octanol–water partition coefficient (Wildman–Crippen LogP) is 3.54. The summed E-state index contributed by atoms with van der Waals surface area (Å²) in [4.78, 5) is 11.5. The zero-order valence-corrected chi connectivity index (χ0v) is 12.9. The van der Waals surface area contributed by atoms with Crippen LogP contribution < -0.4 is 4.74 Å². The van der Waals surface area contributed by atoms with Crippen molar-refractivity contribution in [3.8, 4) is 28.3 Å².